The number of benzene rings is 1. The summed E-state index contributed by atoms with van der Waals surface area (Å²) in [7, 11) is 2.20. The van der Waals surface area contributed by atoms with Crippen LogP contribution in [0.5, 0.6) is 5.75 Å². The summed E-state index contributed by atoms with van der Waals surface area (Å²) in [5, 5.41) is 0. The van der Waals surface area contributed by atoms with E-state index in [1.54, 1.807) is 0 Å². The molecule has 0 radical (unpaired) electrons. The summed E-state index contributed by atoms with van der Waals surface area (Å²) in [6, 6.07) is 8.20. The predicted molar refractivity (Wildman–Crippen MR) is 86.2 cm³/mol. The Morgan fingerprint density at radius 2 is 1.76 bits per heavy atom. The van der Waals surface area contributed by atoms with Gasteiger partial charge in [-0.15, -0.1) is 0 Å². The molecule has 1 aromatic carbocycles. The Morgan fingerprint density at radius 1 is 1.10 bits per heavy atom. The highest BCUT2D eigenvalue weighted by atomic mass is 16.7. The van der Waals surface area contributed by atoms with E-state index >= 15 is 0 Å². The SMILES string of the molecule is Cc1cccc(OC(C)(C)CO[N+]2(C)CCCCCC2)c1. The zero-order valence-electron chi connectivity index (χ0n) is 14.0. The summed E-state index contributed by atoms with van der Waals surface area (Å²) in [6.45, 7) is 9.11. The van der Waals surface area contributed by atoms with Crippen LogP contribution in [0.3, 0.4) is 0 Å². The van der Waals surface area contributed by atoms with E-state index in [0.717, 1.165) is 23.5 Å². The topological polar surface area (TPSA) is 18.5 Å². The van der Waals surface area contributed by atoms with E-state index in [1.165, 1.54) is 31.2 Å². The Balaban J connectivity index is 1.91. The molecule has 1 fully saturated rings. The fourth-order valence-electron chi connectivity index (χ4n) is 2.83. The van der Waals surface area contributed by atoms with Crippen molar-refractivity contribution in [2.45, 2.75) is 52.1 Å². The molecule has 1 aliphatic rings. The Kier molecular flexibility index (Phi) is 5.28. The highest BCUT2D eigenvalue weighted by Crippen LogP contribution is 2.22. The molecule has 0 N–H and O–H groups in total. The van der Waals surface area contributed by atoms with Gasteiger partial charge in [0.1, 0.15) is 31.0 Å². The third-order valence-electron chi connectivity index (χ3n) is 4.12. The molecule has 1 saturated heterocycles. The molecule has 1 aromatic rings. The first-order valence-corrected chi connectivity index (χ1v) is 8.13. The number of nitrogens with zero attached hydrogens (tertiary/aromatic N) is 1. The van der Waals surface area contributed by atoms with Gasteiger partial charge in [-0.1, -0.05) is 12.1 Å². The van der Waals surface area contributed by atoms with Gasteiger partial charge in [0.15, 0.2) is 0 Å². The second-order valence-electron chi connectivity index (χ2n) is 7.11. The van der Waals surface area contributed by atoms with E-state index in [-0.39, 0.29) is 5.60 Å². The maximum Gasteiger partial charge on any atom is 0.145 e. The average molecular weight is 292 g/mol. The van der Waals surface area contributed by atoms with E-state index in [0.29, 0.717) is 6.61 Å². The van der Waals surface area contributed by atoms with E-state index in [2.05, 4.69) is 40.0 Å². The summed E-state index contributed by atoms with van der Waals surface area (Å²) in [6.07, 6.45) is 5.19. The minimum Gasteiger partial charge on any atom is -0.485 e. The lowest BCUT2D eigenvalue weighted by molar-refractivity contribution is -1.09. The molecule has 0 unspecified atom stereocenters. The fraction of sp³-hybridized carbons (Fsp3) is 0.667. The van der Waals surface area contributed by atoms with E-state index in [9.17, 15) is 0 Å². The number of likely N-dealkylation sites (tertiary alicyclic amines) is 1. The summed E-state index contributed by atoms with van der Waals surface area (Å²) in [5.41, 5.74) is 0.900. The van der Waals surface area contributed by atoms with Crippen LogP contribution in [0.25, 0.3) is 0 Å². The summed E-state index contributed by atoms with van der Waals surface area (Å²) in [4.78, 5) is 6.23. The number of hydrogen-bond donors (Lipinski definition) is 0. The summed E-state index contributed by atoms with van der Waals surface area (Å²) >= 11 is 0. The number of quaternary nitrogens is 1. The van der Waals surface area contributed by atoms with Gasteiger partial charge in [-0.2, -0.15) is 9.48 Å². The van der Waals surface area contributed by atoms with Crippen LogP contribution in [-0.2, 0) is 4.84 Å². The first kappa shape index (κ1) is 16.3. The zero-order chi connectivity index (χ0) is 15.3. The molecule has 3 nitrogen and oxygen atoms in total. The zero-order valence-corrected chi connectivity index (χ0v) is 14.0. The highest BCUT2D eigenvalue weighted by molar-refractivity contribution is 5.27. The van der Waals surface area contributed by atoms with Crippen LogP contribution >= 0.6 is 0 Å². The maximum absolute atomic E-state index is 6.23. The molecule has 0 amide bonds. The molecule has 0 atom stereocenters. The summed E-state index contributed by atoms with van der Waals surface area (Å²) < 4.78 is 6.84. The first-order valence-electron chi connectivity index (χ1n) is 8.13. The monoisotopic (exact) mass is 292 g/mol. The van der Waals surface area contributed by atoms with Crippen LogP contribution in [-0.4, -0.2) is 37.0 Å². The molecular formula is C18H30NO2+. The standard InChI is InChI=1S/C18H30NO2/c1-16-10-9-11-17(14-16)21-18(2,3)15-20-19(4)12-7-5-6-8-13-19/h9-11,14H,5-8,12-13,15H2,1-4H3/q+1. The number of ether oxygens (including phenoxy) is 1. The molecule has 0 aliphatic carbocycles. The van der Waals surface area contributed by atoms with Crippen LogP contribution < -0.4 is 4.74 Å². The molecule has 0 saturated carbocycles. The van der Waals surface area contributed by atoms with Gasteiger partial charge in [-0.05, 0) is 64.2 Å². The average Bonchev–Trinajstić information content (AvgIpc) is 2.62. The third kappa shape index (κ3) is 5.33. The van der Waals surface area contributed by atoms with Gasteiger partial charge in [0.05, 0.1) is 7.05 Å². The lowest BCUT2D eigenvalue weighted by Gasteiger charge is -2.34. The molecule has 21 heavy (non-hydrogen) atoms. The van der Waals surface area contributed by atoms with Crippen LogP contribution in [0.4, 0.5) is 0 Å². The molecule has 118 valence electrons. The smallest absolute Gasteiger partial charge is 0.145 e. The van der Waals surface area contributed by atoms with Gasteiger partial charge < -0.3 is 4.74 Å². The Labute approximate surface area is 129 Å². The maximum atomic E-state index is 6.23. The summed E-state index contributed by atoms with van der Waals surface area (Å²) in [5.74, 6) is 0.919. The van der Waals surface area contributed by atoms with E-state index < -0.39 is 0 Å². The lowest BCUT2D eigenvalue weighted by atomic mass is 10.1. The normalized spacial score (nSPS) is 19.0. The van der Waals surface area contributed by atoms with Gasteiger partial charge in [-0.25, -0.2) is 0 Å². The van der Waals surface area contributed by atoms with Gasteiger partial charge in [0, 0.05) is 0 Å². The third-order valence-corrected chi connectivity index (χ3v) is 4.12. The molecule has 1 heterocycles. The predicted octanol–water partition coefficient (Wildman–Crippen LogP) is 4.10. The van der Waals surface area contributed by atoms with Crippen molar-refractivity contribution in [3.63, 3.8) is 0 Å². The number of aryl methyl sites for hydroxylation is 1. The molecule has 0 bridgehead atoms. The van der Waals surface area contributed by atoms with Crippen molar-refractivity contribution >= 4 is 0 Å². The minimum absolute atomic E-state index is 0.318. The first-order chi connectivity index (χ1) is 9.89. The number of rotatable bonds is 5. The van der Waals surface area contributed by atoms with Crippen LogP contribution in [0.15, 0.2) is 24.3 Å². The minimum atomic E-state index is -0.318. The van der Waals surface area contributed by atoms with Crippen molar-refractivity contribution in [2.24, 2.45) is 0 Å². The van der Waals surface area contributed by atoms with Gasteiger partial charge in [0.25, 0.3) is 0 Å². The van der Waals surface area contributed by atoms with Crippen molar-refractivity contribution < 1.29 is 14.2 Å². The van der Waals surface area contributed by atoms with Gasteiger partial charge >= 0.3 is 0 Å². The molecule has 0 aromatic heterocycles. The quantitative estimate of drug-likeness (QED) is 0.761. The van der Waals surface area contributed by atoms with Gasteiger partial charge in [-0.3, -0.25) is 0 Å². The molecule has 3 heteroatoms. The largest absolute Gasteiger partial charge is 0.485 e. The van der Waals surface area contributed by atoms with Crippen molar-refractivity contribution in [2.75, 3.05) is 26.7 Å². The molecule has 0 spiro atoms. The van der Waals surface area contributed by atoms with Crippen LogP contribution in [0.1, 0.15) is 45.1 Å². The second kappa shape index (κ2) is 6.80. The molecule has 2 rings (SSSR count). The number of hydroxylamine groups is 3. The second-order valence-corrected chi connectivity index (χ2v) is 7.11. The fourth-order valence-corrected chi connectivity index (χ4v) is 2.83. The van der Waals surface area contributed by atoms with Crippen molar-refractivity contribution in [1.82, 2.24) is 0 Å². The Hall–Kier alpha value is -1.06. The van der Waals surface area contributed by atoms with Gasteiger partial charge in [0.2, 0.25) is 0 Å². The Bertz CT molecular complexity index is 448. The van der Waals surface area contributed by atoms with Crippen molar-refractivity contribution in [1.29, 1.82) is 0 Å². The van der Waals surface area contributed by atoms with Crippen LogP contribution in [0, 0.1) is 6.92 Å². The van der Waals surface area contributed by atoms with Crippen LogP contribution in [0.2, 0.25) is 0 Å². The number of hydrogen-bond acceptors (Lipinski definition) is 2. The van der Waals surface area contributed by atoms with E-state index in [1.807, 2.05) is 12.1 Å². The highest BCUT2D eigenvalue weighted by Gasteiger charge is 2.30. The van der Waals surface area contributed by atoms with Crippen molar-refractivity contribution in [3.05, 3.63) is 29.8 Å². The molecular weight excluding hydrogens is 262 g/mol. The van der Waals surface area contributed by atoms with E-state index in [4.69, 9.17) is 9.57 Å². The van der Waals surface area contributed by atoms with Crippen molar-refractivity contribution in [3.8, 4) is 5.75 Å². The Morgan fingerprint density at radius 3 is 2.38 bits per heavy atom. The lowest BCUT2D eigenvalue weighted by Crippen LogP contribution is -2.49. The molecule has 1 aliphatic heterocycles.